The van der Waals surface area contributed by atoms with Gasteiger partial charge in [0.2, 0.25) is 0 Å². The van der Waals surface area contributed by atoms with E-state index in [4.69, 9.17) is 10.5 Å². The van der Waals surface area contributed by atoms with Gasteiger partial charge in [-0.2, -0.15) is 0 Å². The minimum atomic E-state index is 0.120. The molecule has 12 heavy (non-hydrogen) atoms. The summed E-state index contributed by atoms with van der Waals surface area (Å²) >= 11 is 0. The van der Waals surface area contributed by atoms with Crippen LogP contribution in [0.1, 0.15) is 34.6 Å². The Morgan fingerprint density at radius 1 is 1.17 bits per heavy atom. The summed E-state index contributed by atoms with van der Waals surface area (Å²) in [6.45, 7) is 10.7. The number of hydrogen-bond donors (Lipinski definition) is 1. The summed E-state index contributed by atoms with van der Waals surface area (Å²) in [7, 11) is 1.73. The molecule has 0 spiro atoms. The highest BCUT2D eigenvalue weighted by Gasteiger charge is 2.31. The average molecular weight is 173 g/mol. The zero-order valence-electron chi connectivity index (χ0n) is 9.22. The Morgan fingerprint density at radius 2 is 1.58 bits per heavy atom. The molecule has 0 saturated carbocycles. The van der Waals surface area contributed by atoms with Crippen molar-refractivity contribution in [3.63, 3.8) is 0 Å². The average Bonchev–Trinajstić information content (AvgIpc) is 1.85. The highest BCUT2D eigenvalue weighted by Crippen LogP contribution is 2.26. The predicted octanol–water partition coefficient (Wildman–Crippen LogP) is 2.03. The van der Waals surface area contributed by atoms with Crippen molar-refractivity contribution >= 4 is 0 Å². The first-order chi connectivity index (χ1) is 5.30. The molecule has 0 rings (SSSR count). The van der Waals surface area contributed by atoms with Crippen molar-refractivity contribution in [2.45, 2.75) is 46.8 Å². The Balaban J connectivity index is 4.35. The smallest absolute Gasteiger partial charge is 0.0772 e. The minimum Gasteiger partial charge on any atom is -0.379 e. The summed E-state index contributed by atoms with van der Waals surface area (Å²) in [5.74, 6) is 0.467. The standard InChI is InChI=1S/C10H23NO/c1-7(2)8(11)9(12-6)10(3,4)5/h7-9H,11H2,1-6H3. The molecule has 0 aliphatic rings. The van der Waals surface area contributed by atoms with Crippen LogP contribution in [0, 0.1) is 11.3 Å². The van der Waals surface area contributed by atoms with Crippen LogP contribution in [-0.4, -0.2) is 19.3 Å². The molecule has 0 saturated heterocycles. The molecule has 0 aromatic rings. The van der Waals surface area contributed by atoms with Crippen LogP contribution in [-0.2, 0) is 4.74 Å². The van der Waals surface area contributed by atoms with Crippen LogP contribution in [0.4, 0.5) is 0 Å². The topological polar surface area (TPSA) is 35.2 Å². The van der Waals surface area contributed by atoms with E-state index in [0.717, 1.165) is 0 Å². The maximum atomic E-state index is 6.03. The third-order valence-corrected chi connectivity index (χ3v) is 2.23. The van der Waals surface area contributed by atoms with Crippen LogP contribution < -0.4 is 5.73 Å². The molecule has 2 nitrogen and oxygen atoms in total. The Bertz CT molecular complexity index is 126. The normalized spacial score (nSPS) is 18.0. The summed E-state index contributed by atoms with van der Waals surface area (Å²) in [4.78, 5) is 0. The first-order valence-electron chi connectivity index (χ1n) is 4.59. The second-order valence-electron chi connectivity index (χ2n) is 4.84. The molecule has 0 aliphatic heterocycles. The fourth-order valence-electron chi connectivity index (χ4n) is 1.44. The monoisotopic (exact) mass is 173 g/mol. The van der Waals surface area contributed by atoms with Crippen molar-refractivity contribution in [1.29, 1.82) is 0 Å². The van der Waals surface area contributed by atoms with Gasteiger partial charge >= 0.3 is 0 Å². The number of ether oxygens (including phenoxy) is 1. The third-order valence-electron chi connectivity index (χ3n) is 2.23. The molecule has 2 N–H and O–H groups in total. The van der Waals surface area contributed by atoms with E-state index >= 15 is 0 Å². The molecule has 0 amide bonds. The molecule has 0 radical (unpaired) electrons. The zero-order valence-corrected chi connectivity index (χ0v) is 9.22. The predicted molar refractivity (Wildman–Crippen MR) is 53.1 cm³/mol. The molecule has 2 heteroatoms. The van der Waals surface area contributed by atoms with E-state index in [0.29, 0.717) is 5.92 Å². The van der Waals surface area contributed by atoms with Crippen LogP contribution in [0.3, 0.4) is 0 Å². The molecule has 0 fully saturated rings. The molecule has 0 heterocycles. The Kier molecular flexibility index (Phi) is 4.21. The van der Waals surface area contributed by atoms with Crippen LogP contribution >= 0.6 is 0 Å². The van der Waals surface area contributed by atoms with E-state index in [1.165, 1.54) is 0 Å². The molecule has 0 aromatic carbocycles. The lowest BCUT2D eigenvalue weighted by Gasteiger charge is -2.35. The quantitative estimate of drug-likeness (QED) is 0.708. The van der Waals surface area contributed by atoms with E-state index in [2.05, 4.69) is 34.6 Å². The summed E-state index contributed by atoms with van der Waals surface area (Å²) < 4.78 is 5.41. The summed E-state index contributed by atoms with van der Waals surface area (Å²) in [6.07, 6.45) is 0.137. The van der Waals surface area contributed by atoms with Crippen molar-refractivity contribution in [1.82, 2.24) is 0 Å². The largest absolute Gasteiger partial charge is 0.379 e. The van der Waals surface area contributed by atoms with E-state index in [1.54, 1.807) is 7.11 Å². The first-order valence-corrected chi connectivity index (χ1v) is 4.59. The highest BCUT2D eigenvalue weighted by molar-refractivity contribution is 4.85. The lowest BCUT2D eigenvalue weighted by molar-refractivity contribution is -0.0120. The van der Waals surface area contributed by atoms with Crippen molar-refractivity contribution < 1.29 is 4.74 Å². The number of rotatable bonds is 3. The molecule has 2 atom stereocenters. The molecule has 0 aliphatic carbocycles. The van der Waals surface area contributed by atoms with Gasteiger partial charge in [-0.3, -0.25) is 0 Å². The van der Waals surface area contributed by atoms with Gasteiger partial charge in [0, 0.05) is 13.2 Å². The fourth-order valence-corrected chi connectivity index (χ4v) is 1.44. The van der Waals surface area contributed by atoms with E-state index in [1.807, 2.05) is 0 Å². The number of nitrogens with two attached hydrogens (primary N) is 1. The second kappa shape index (κ2) is 4.24. The molecular formula is C10H23NO. The van der Waals surface area contributed by atoms with E-state index < -0.39 is 0 Å². The zero-order chi connectivity index (χ0) is 9.94. The van der Waals surface area contributed by atoms with Gasteiger partial charge in [0.15, 0.2) is 0 Å². The lowest BCUT2D eigenvalue weighted by atomic mass is 9.81. The van der Waals surface area contributed by atoms with E-state index in [-0.39, 0.29) is 17.6 Å². The van der Waals surface area contributed by atoms with E-state index in [9.17, 15) is 0 Å². The Morgan fingerprint density at radius 3 is 1.67 bits per heavy atom. The van der Waals surface area contributed by atoms with Crippen LogP contribution in [0.15, 0.2) is 0 Å². The van der Waals surface area contributed by atoms with Gasteiger partial charge in [-0.1, -0.05) is 34.6 Å². The van der Waals surface area contributed by atoms with Crippen molar-refractivity contribution in [3.8, 4) is 0 Å². The second-order valence-corrected chi connectivity index (χ2v) is 4.84. The maximum absolute atomic E-state index is 6.03. The van der Waals surface area contributed by atoms with Crippen LogP contribution in [0.2, 0.25) is 0 Å². The van der Waals surface area contributed by atoms with Crippen molar-refractivity contribution in [2.24, 2.45) is 17.1 Å². The molecule has 0 aromatic heterocycles. The van der Waals surface area contributed by atoms with Crippen molar-refractivity contribution in [2.75, 3.05) is 7.11 Å². The molecule has 2 unspecified atom stereocenters. The van der Waals surface area contributed by atoms with Gasteiger partial charge in [-0.15, -0.1) is 0 Å². The first kappa shape index (κ1) is 11.9. The van der Waals surface area contributed by atoms with Gasteiger partial charge < -0.3 is 10.5 Å². The number of hydrogen-bond acceptors (Lipinski definition) is 2. The van der Waals surface area contributed by atoms with Crippen molar-refractivity contribution in [3.05, 3.63) is 0 Å². The molecule has 74 valence electrons. The van der Waals surface area contributed by atoms with Gasteiger partial charge in [0.1, 0.15) is 0 Å². The summed E-state index contributed by atoms with van der Waals surface area (Å²) in [6, 6.07) is 0.120. The Hall–Kier alpha value is -0.0800. The third kappa shape index (κ3) is 3.11. The van der Waals surface area contributed by atoms with Crippen LogP contribution in [0.25, 0.3) is 0 Å². The van der Waals surface area contributed by atoms with Gasteiger partial charge in [-0.25, -0.2) is 0 Å². The Labute approximate surface area is 76.5 Å². The van der Waals surface area contributed by atoms with Crippen LogP contribution in [0.5, 0.6) is 0 Å². The summed E-state index contributed by atoms with van der Waals surface area (Å²) in [5, 5.41) is 0. The molecular weight excluding hydrogens is 150 g/mol. The lowest BCUT2D eigenvalue weighted by Crippen LogP contribution is -2.47. The number of methoxy groups -OCH3 is 1. The van der Waals surface area contributed by atoms with Gasteiger partial charge in [0.25, 0.3) is 0 Å². The summed E-state index contributed by atoms with van der Waals surface area (Å²) in [5.41, 5.74) is 6.16. The maximum Gasteiger partial charge on any atom is 0.0772 e. The van der Waals surface area contributed by atoms with Gasteiger partial charge in [-0.05, 0) is 11.3 Å². The molecule has 0 bridgehead atoms. The SMILES string of the molecule is COC(C(N)C(C)C)C(C)(C)C. The highest BCUT2D eigenvalue weighted by atomic mass is 16.5. The van der Waals surface area contributed by atoms with Gasteiger partial charge in [0.05, 0.1) is 6.10 Å². The minimum absolute atomic E-state index is 0.120. The fraction of sp³-hybridized carbons (Fsp3) is 1.00.